The number of anilines is 1. The van der Waals surface area contributed by atoms with Crippen molar-refractivity contribution in [3.05, 3.63) is 76.3 Å². The Bertz CT molecular complexity index is 1310. The Hall–Kier alpha value is -4.24. The van der Waals surface area contributed by atoms with E-state index in [-0.39, 0.29) is 12.5 Å². The normalized spacial score (nSPS) is 10.7. The molecule has 0 saturated carbocycles. The van der Waals surface area contributed by atoms with E-state index in [4.69, 9.17) is 30.5 Å². The summed E-state index contributed by atoms with van der Waals surface area (Å²) < 4.78 is 22.1. The van der Waals surface area contributed by atoms with Gasteiger partial charge >= 0.3 is 0 Å². The summed E-state index contributed by atoms with van der Waals surface area (Å²) in [6.07, 6.45) is 1.48. The summed E-state index contributed by atoms with van der Waals surface area (Å²) >= 11 is 6.11. The molecule has 2 amide bonds. The van der Waals surface area contributed by atoms with Crippen LogP contribution in [0, 0.1) is 6.92 Å². The Labute approximate surface area is 226 Å². The van der Waals surface area contributed by atoms with Crippen molar-refractivity contribution < 1.29 is 28.5 Å². The van der Waals surface area contributed by atoms with Crippen LogP contribution in [0.5, 0.6) is 23.0 Å². The van der Waals surface area contributed by atoms with E-state index in [0.717, 1.165) is 5.56 Å². The van der Waals surface area contributed by atoms with Crippen LogP contribution < -0.4 is 29.7 Å². The highest BCUT2D eigenvalue weighted by Crippen LogP contribution is 2.29. The van der Waals surface area contributed by atoms with Crippen LogP contribution in [0.4, 0.5) is 5.69 Å². The Morgan fingerprint density at radius 3 is 2.32 bits per heavy atom. The molecule has 0 aliphatic rings. The summed E-state index contributed by atoms with van der Waals surface area (Å²) in [4.78, 5) is 24.8. The highest BCUT2D eigenvalue weighted by Gasteiger charge is 2.12. The Kier molecular flexibility index (Phi) is 10.4. The number of amides is 2. The lowest BCUT2D eigenvalue weighted by Crippen LogP contribution is -2.20. The molecule has 0 atom stereocenters. The van der Waals surface area contributed by atoms with Gasteiger partial charge in [-0.25, -0.2) is 5.43 Å². The maximum Gasteiger partial charge on any atom is 0.271 e. The van der Waals surface area contributed by atoms with Gasteiger partial charge in [0.2, 0.25) is 0 Å². The number of nitrogens with zero attached hydrogens (tertiary/aromatic N) is 1. The predicted molar refractivity (Wildman–Crippen MR) is 147 cm³/mol. The van der Waals surface area contributed by atoms with Gasteiger partial charge in [0.15, 0.2) is 29.6 Å². The molecule has 0 fully saturated rings. The van der Waals surface area contributed by atoms with Crippen LogP contribution in [0.1, 0.15) is 35.3 Å². The number of hydrazone groups is 1. The molecule has 0 aromatic heterocycles. The van der Waals surface area contributed by atoms with Gasteiger partial charge in [0.1, 0.15) is 0 Å². The fraction of sp³-hybridized carbons (Fsp3) is 0.250. The molecule has 10 heteroatoms. The van der Waals surface area contributed by atoms with E-state index >= 15 is 0 Å². The Balaban J connectivity index is 1.61. The van der Waals surface area contributed by atoms with Crippen LogP contribution in [0.3, 0.4) is 0 Å². The minimum atomic E-state index is -0.409. The van der Waals surface area contributed by atoms with Gasteiger partial charge in [0.05, 0.1) is 26.5 Å². The fourth-order valence-electron chi connectivity index (χ4n) is 3.32. The van der Waals surface area contributed by atoms with Crippen LogP contribution >= 0.6 is 11.6 Å². The third-order valence-electron chi connectivity index (χ3n) is 5.19. The smallest absolute Gasteiger partial charge is 0.271 e. The first kappa shape index (κ1) is 28.3. The number of carbonyl (C=O) groups excluding carboxylic acids is 2. The zero-order valence-corrected chi connectivity index (χ0v) is 22.4. The van der Waals surface area contributed by atoms with Crippen molar-refractivity contribution in [3.63, 3.8) is 0 Å². The monoisotopic (exact) mass is 539 g/mol. The maximum absolute atomic E-state index is 12.5. The molecule has 0 radical (unpaired) electrons. The van der Waals surface area contributed by atoms with E-state index in [9.17, 15) is 9.59 Å². The van der Waals surface area contributed by atoms with Gasteiger partial charge in [-0.3, -0.25) is 9.59 Å². The minimum Gasteiger partial charge on any atom is -0.493 e. The van der Waals surface area contributed by atoms with Gasteiger partial charge in [0, 0.05) is 16.3 Å². The molecule has 0 spiro atoms. The number of halogens is 1. The molecule has 9 nitrogen and oxygen atoms in total. The van der Waals surface area contributed by atoms with E-state index in [2.05, 4.69) is 15.8 Å². The topological polar surface area (TPSA) is 107 Å². The van der Waals surface area contributed by atoms with Gasteiger partial charge in [-0.2, -0.15) is 5.10 Å². The average molecular weight is 540 g/mol. The van der Waals surface area contributed by atoms with E-state index in [0.29, 0.717) is 58.0 Å². The molecular formula is C28H30ClN3O6. The van der Waals surface area contributed by atoms with Crippen LogP contribution in [-0.4, -0.2) is 45.0 Å². The quantitative estimate of drug-likeness (QED) is 0.241. The van der Waals surface area contributed by atoms with Crippen LogP contribution in [0.2, 0.25) is 5.02 Å². The third kappa shape index (κ3) is 7.88. The molecule has 0 bridgehead atoms. The number of ether oxygens (including phenoxy) is 4. The molecule has 0 aliphatic carbocycles. The van der Waals surface area contributed by atoms with Gasteiger partial charge in [-0.15, -0.1) is 0 Å². The second-order valence-electron chi connectivity index (χ2n) is 7.94. The van der Waals surface area contributed by atoms with Crippen molar-refractivity contribution in [2.45, 2.75) is 20.8 Å². The summed E-state index contributed by atoms with van der Waals surface area (Å²) in [6.45, 7) is 6.24. The lowest BCUT2D eigenvalue weighted by atomic mass is 10.2. The van der Waals surface area contributed by atoms with Crippen molar-refractivity contribution in [2.75, 3.05) is 32.2 Å². The molecule has 200 valence electrons. The lowest BCUT2D eigenvalue weighted by Gasteiger charge is -2.13. The summed E-state index contributed by atoms with van der Waals surface area (Å²) in [5.74, 6) is 1.09. The van der Waals surface area contributed by atoms with E-state index in [1.54, 1.807) is 48.5 Å². The molecule has 0 heterocycles. The highest BCUT2D eigenvalue weighted by molar-refractivity contribution is 6.31. The molecule has 0 unspecified atom stereocenters. The molecular weight excluding hydrogens is 510 g/mol. The first-order valence-corrected chi connectivity index (χ1v) is 12.3. The van der Waals surface area contributed by atoms with Crippen molar-refractivity contribution >= 4 is 35.3 Å². The number of carbonyl (C=O) groups is 2. The van der Waals surface area contributed by atoms with Crippen LogP contribution in [0.15, 0.2) is 59.7 Å². The Morgan fingerprint density at radius 1 is 0.895 bits per heavy atom. The molecule has 3 aromatic rings. The van der Waals surface area contributed by atoms with Gasteiger partial charge in [-0.1, -0.05) is 17.7 Å². The summed E-state index contributed by atoms with van der Waals surface area (Å²) in [5.41, 5.74) is 5.01. The van der Waals surface area contributed by atoms with Gasteiger partial charge in [0.25, 0.3) is 11.8 Å². The molecule has 3 aromatic carbocycles. The standard InChI is InChI=1S/C28H30ClN3O6/c1-5-36-23-12-9-20(14-25(23)35-4)28(34)32-30-16-19-8-11-24(26(13-19)37-6-2)38-17-27(33)31-21-10-7-18(3)22(29)15-21/h7-16H,5-6,17H2,1-4H3,(H,31,33)(H,32,34)/b30-16+. The van der Waals surface area contributed by atoms with Crippen LogP contribution in [0.25, 0.3) is 0 Å². The van der Waals surface area contributed by atoms with Crippen LogP contribution in [-0.2, 0) is 4.79 Å². The molecule has 3 rings (SSSR count). The first-order chi connectivity index (χ1) is 18.3. The largest absolute Gasteiger partial charge is 0.493 e. The number of hydrogen-bond acceptors (Lipinski definition) is 7. The maximum atomic E-state index is 12.5. The number of benzene rings is 3. The van der Waals surface area contributed by atoms with E-state index in [1.165, 1.54) is 13.3 Å². The average Bonchev–Trinajstić information content (AvgIpc) is 2.91. The van der Waals surface area contributed by atoms with E-state index < -0.39 is 5.91 Å². The number of nitrogens with one attached hydrogen (secondary N) is 2. The zero-order chi connectivity index (χ0) is 27.5. The van der Waals surface area contributed by atoms with Crippen molar-refractivity contribution in [3.8, 4) is 23.0 Å². The third-order valence-corrected chi connectivity index (χ3v) is 5.59. The zero-order valence-electron chi connectivity index (χ0n) is 21.7. The van der Waals surface area contributed by atoms with E-state index in [1.807, 2.05) is 26.8 Å². The molecule has 38 heavy (non-hydrogen) atoms. The lowest BCUT2D eigenvalue weighted by molar-refractivity contribution is -0.118. The summed E-state index contributed by atoms with van der Waals surface area (Å²) in [6, 6.07) is 15.2. The second-order valence-corrected chi connectivity index (χ2v) is 8.34. The molecule has 0 saturated heterocycles. The number of rotatable bonds is 12. The van der Waals surface area contributed by atoms with Crippen molar-refractivity contribution in [1.29, 1.82) is 0 Å². The predicted octanol–water partition coefficient (Wildman–Crippen LogP) is 5.24. The van der Waals surface area contributed by atoms with Gasteiger partial charge in [-0.05, 0) is 80.4 Å². The molecule has 2 N–H and O–H groups in total. The number of aryl methyl sites for hydroxylation is 1. The SMILES string of the molecule is CCOc1ccc(C(=O)N/N=C/c2ccc(OCC(=O)Nc3ccc(C)c(Cl)c3)c(OCC)c2)cc1OC. The number of methoxy groups -OCH3 is 1. The summed E-state index contributed by atoms with van der Waals surface area (Å²) in [5, 5.41) is 7.34. The molecule has 0 aliphatic heterocycles. The first-order valence-electron chi connectivity index (χ1n) is 11.9. The second kappa shape index (κ2) is 13.9. The Morgan fingerprint density at radius 2 is 1.61 bits per heavy atom. The minimum absolute atomic E-state index is 0.222. The highest BCUT2D eigenvalue weighted by atomic mass is 35.5. The van der Waals surface area contributed by atoms with Gasteiger partial charge < -0.3 is 24.3 Å². The summed E-state index contributed by atoms with van der Waals surface area (Å²) in [7, 11) is 1.51. The fourth-order valence-corrected chi connectivity index (χ4v) is 3.50. The van der Waals surface area contributed by atoms with Crippen molar-refractivity contribution in [1.82, 2.24) is 5.43 Å². The van der Waals surface area contributed by atoms with Crippen molar-refractivity contribution in [2.24, 2.45) is 5.10 Å². The number of hydrogen-bond donors (Lipinski definition) is 2.